The molecular formula is C27H26ClFN2O3S. The van der Waals surface area contributed by atoms with Crippen LogP contribution in [0.25, 0.3) is 0 Å². The minimum Gasteiger partial charge on any atom is -0.491 e. The van der Waals surface area contributed by atoms with Crippen LogP contribution in [0.15, 0.2) is 53.9 Å². The number of benzene rings is 2. The van der Waals surface area contributed by atoms with Gasteiger partial charge in [-0.05, 0) is 91.2 Å². The lowest BCUT2D eigenvalue weighted by molar-refractivity contribution is -0.135. The summed E-state index contributed by atoms with van der Waals surface area (Å²) in [5.74, 6) is -0.0365. The highest BCUT2D eigenvalue weighted by Gasteiger charge is 2.38. The van der Waals surface area contributed by atoms with Gasteiger partial charge in [0.05, 0.1) is 6.04 Å². The molecule has 1 saturated carbocycles. The molecule has 35 heavy (non-hydrogen) atoms. The zero-order valence-corrected chi connectivity index (χ0v) is 20.9. The Morgan fingerprint density at radius 1 is 1.17 bits per heavy atom. The van der Waals surface area contributed by atoms with Gasteiger partial charge in [-0.3, -0.25) is 9.59 Å². The van der Waals surface area contributed by atoms with E-state index in [1.165, 1.54) is 29.1 Å². The van der Waals surface area contributed by atoms with Crippen LogP contribution in [-0.4, -0.2) is 47.4 Å². The Bertz CT molecular complexity index is 1240. The van der Waals surface area contributed by atoms with Crippen LogP contribution < -0.4 is 4.74 Å². The predicted molar refractivity (Wildman–Crippen MR) is 135 cm³/mol. The van der Waals surface area contributed by atoms with Gasteiger partial charge >= 0.3 is 0 Å². The third kappa shape index (κ3) is 5.21. The van der Waals surface area contributed by atoms with Gasteiger partial charge in [0.1, 0.15) is 24.7 Å². The molecule has 8 heteroatoms. The lowest BCUT2D eigenvalue weighted by Gasteiger charge is -2.37. The number of hydrogen-bond acceptors (Lipinski definition) is 4. The number of aryl methyl sites for hydroxylation is 1. The number of carbonyl (C=O) groups excluding carboxylic acids is 2. The summed E-state index contributed by atoms with van der Waals surface area (Å²) < 4.78 is 19.5. The van der Waals surface area contributed by atoms with Crippen molar-refractivity contribution < 1.29 is 18.7 Å². The predicted octanol–water partition coefficient (Wildman–Crippen LogP) is 5.66. The Balaban J connectivity index is 1.34. The highest BCUT2D eigenvalue weighted by atomic mass is 35.5. The topological polar surface area (TPSA) is 49.9 Å². The first-order valence-corrected chi connectivity index (χ1v) is 13.0. The van der Waals surface area contributed by atoms with Gasteiger partial charge in [0, 0.05) is 28.0 Å². The summed E-state index contributed by atoms with van der Waals surface area (Å²) in [4.78, 5) is 31.5. The minimum absolute atomic E-state index is 0.00308. The van der Waals surface area contributed by atoms with Crippen molar-refractivity contribution in [1.82, 2.24) is 9.80 Å². The zero-order valence-electron chi connectivity index (χ0n) is 19.4. The van der Waals surface area contributed by atoms with Crippen LogP contribution in [0.3, 0.4) is 0 Å². The number of fused-ring (bicyclic) bond motifs is 1. The van der Waals surface area contributed by atoms with Crippen LogP contribution in [0.1, 0.15) is 45.2 Å². The van der Waals surface area contributed by atoms with Crippen LogP contribution >= 0.6 is 22.9 Å². The summed E-state index contributed by atoms with van der Waals surface area (Å²) in [6.07, 6.45) is 2.53. The van der Waals surface area contributed by atoms with Crippen LogP contribution in [0.2, 0.25) is 5.02 Å². The molecule has 0 spiro atoms. The van der Waals surface area contributed by atoms with Crippen molar-refractivity contribution in [2.24, 2.45) is 0 Å². The van der Waals surface area contributed by atoms with E-state index < -0.39 is 5.82 Å². The molecule has 2 aliphatic rings. The maximum absolute atomic E-state index is 13.6. The van der Waals surface area contributed by atoms with Crippen molar-refractivity contribution in [2.45, 2.75) is 38.3 Å². The maximum atomic E-state index is 13.6. The maximum Gasteiger partial charge on any atom is 0.254 e. The summed E-state index contributed by atoms with van der Waals surface area (Å²) in [6.45, 7) is 2.80. The fourth-order valence-electron chi connectivity index (χ4n) is 4.50. The number of hydrogen-bond donors (Lipinski definition) is 0. The molecule has 2 amide bonds. The molecule has 0 bridgehead atoms. The Labute approximate surface area is 213 Å². The second kappa shape index (κ2) is 9.99. The molecule has 0 radical (unpaired) electrons. The van der Waals surface area contributed by atoms with E-state index in [9.17, 15) is 14.0 Å². The molecule has 0 N–H and O–H groups in total. The van der Waals surface area contributed by atoms with Crippen molar-refractivity contribution in [1.29, 1.82) is 0 Å². The number of amides is 2. The molecule has 1 atom stereocenters. The number of carbonyl (C=O) groups is 2. The fourth-order valence-corrected chi connectivity index (χ4v) is 5.55. The number of halogens is 2. The zero-order chi connectivity index (χ0) is 24.5. The largest absolute Gasteiger partial charge is 0.491 e. The number of thiophene rings is 1. The minimum atomic E-state index is -0.394. The van der Waals surface area contributed by atoms with Gasteiger partial charge in [0.25, 0.3) is 5.91 Å². The van der Waals surface area contributed by atoms with Gasteiger partial charge in [0.15, 0.2) is 0 Å². The molecule has 1 aliphatic heterocycles. The lowest BCUT2D eigenvalue weighted by Crippen LogP contribution is -2.48. The molecule has 3 aromatic rings. The molecule has 2 heterocycles. The van der Waals surface area contributed by atoms with Crippen molar-refractivity contribution in [3.8, 4) is 5.75 Å². The third-order valence-corrected chi connectivity index (χ3v) is 8.02. The van der Waals surface area contributed by atoms with E-state index in [-0.39, 0.29) is 30.4 Å². The summed E-state index contributed by atoms with van der Waals surface area (Å²) in [5.41, 5.74) is 2.42. The number of nitrogens with zero attached hydrogens (tertiary/aromatic N) is 2. The van der Waals surface area contributed by atoms with Gasteiger partial charge < -0.3 is 14.5 Å². The van der Waals surface area contributed by atoms with Crippen molar-refractivity contribution in [3.63, 3.8) is 0 Å². The van der Waals surface area contributed by atoms with E-state index in [4.69, 9.17) is 16.3 Å². The van der Waals surface area contributed by atoms with Gasteiger partial charge in [0.2, 0.25) is 5.91 Å². The van der Waals surface area contributed by atoms with Crippen molar-refractivity contribution >= 4 is 34.8 Å². The van der Waals surface area contributed by atoms with E-state index >= 15 is 0 Å². The summed E-state index contributed by atoms with van der Waals surface area (Å²) in [7, 11) is 0. The molecule has 5 nitrogen and oxygen atoms in total. The normalized spacial score (nSPS) is 17.1. The van der Waals surface area contributed by atoms with Gasteiger partial charge in [-0.1, -0.05) is 11.6 Å². The average Bonchev–Trinajstić information content (AvgIpc) is 3.58. The second-order valence-corrected chi connectivity index (χ2v) is 10.5. The van der Waals surface area contributed by atoms with Gasteiger partial charge in [-0.15, -0.1) is 11.3 Å². The van der Waals surface area contributed by atoms with Crippen LogP contribution in [0.5, 0.6) is 5.75 Å². The molecule has 182 valence electrons. The van der Waals surface area contributed by atoms with E-state index in [0.717, 1.165) is 30.4 Å². The SMILES string of the molecule is Cc1cc(OC[C@H]2c3ccsc3CCN2C(=O)CN(C(=O)c2ccc(F)cc2)C2CC2)ccc1Cl. The Morgan fingerprint density at radius 3 is 2.66 bits per heavy atom. The summed E-state index contributed by atoms with van der Waals surface area (Å²) >= 11 is 7.84. The van der Waals surface area contributed by atoms with E-state index in [1.54, 1.807) is 22.3 Å². The quantitative estimate of drug-likeness (QED) is 0.410. The van der Waals surface area contributed by atoms with Crippen molar-refractivity contribution in [2.75, 3.05) is 19.7 Å². The lowest BCUT2D eigenvalue weighted by atomic mass is 10.00. The monoisotopic (exact) mass is 512 g/mol. The summed E-state index contributed by atoms with van der Waals surface area (Å²) in [6, 6.07) is 12.9. The third-order valence-electron chi connectivity index (χ3n) is 6.60. The average molecular weight is 513 g/mol. The highest BCUT2D eigenvalue weighted by molar-refractivity contribution is 7.10. The number of ether oxygens (including phenoxy) is 1. The summed E-state index contributed by atoms with van der Waals surface area (Å²) in [5, 5.41) is 2.73. The van der Waals surface area contributed by atoms with Crippen LogP contribution in [-0.2, 0) is 11.2 Å². The van der Waals surface area contributed by atoms with Crippen LogP contribution in [0.4, 0.5) is 4.39 Å². The smallest absolute Gasteiger partial charge is 0.254 e. The Hall–Kier alpha value is -2.90. The first kappa shape index (κ1) is 23.8. The highest BCUT2D eigenvalue weighted by Crippen LogP contribution is 2.35. The first-order valence-electron chi connectivity index (χ1n) is 11.7. The molecule has 2 aromatic carbocycles. The standard InChI is InChI=1S/C27H26ClFN2O3S/c1-17-14-21(8-9-23(17)28)34-16-24-22-11-13-35-25(22)10-12-30(24)26(32)15-31(20-6-7-20)27(33)18-2-4-19(29)5-3-18/h2-5,8-9,11,13-14,20,24H,6-7,10,12,15-16H2,1H3/t24-/m0/s1. The molecule has 5 rings (SSSR count). The fraction of sp³-hybridized carbons (Fsp3) is 0.333. The number of rotatable bonds is 7. The molecule has 0 saturated heterocycles. The molecular weight excluding hydrogens is 487 g/mol. The van der Waals surface area contributed by atoms with Crippen molar-refractivity contribution in [3.05, 3.63) is 86.3 Å². The molecule has 1 aliphatic carbocycles. The first-order chi connectivity index (χ1) is 16.9. The van der Waals surface area contributed by atoms with Gasteiger partial charge in [-0.25, -0.2) is 4.39 Å². The van der Waals surface area contributed by atoms with E-state index in [2.05, 4.69) is 6.07 Å². The Kier molecular flexibility index (Phi) is 6.80. The second-order valence-electron chi connectivity index (χ2n) is 9.05. The Morgan fingerprint density at radius 2 is 1.94 bits per heavy atom. The van der Waals surface area contributed by atoms with Crippen LogP contribution in [0, 0.1) is 12.7 Å². The molecule has 1 aromatic heterocycles. The molecule has 0 unspecified atom stereocenters. The van der Waals surface area contributed by atoms with E-state index in [0.29, 0.717) is 29.5 Å². The molecule has 1 fully saturated rings. The van der Waals surface area contributed by atoms with Gasteiger partial charge in [-0.2, -0.15) is 0 Å². The van der Waals surface area contributed by atoms with E-state index in [1.807, 2.05) is 29.3 Å².